The third-order valence-corrected chi connectivity index (χ3v) is 3.15. The lowest BCUT2D eigenvalue weighted by molar-refractivity contribution is -0.118. The van der Waals surface area contributed by atoms with Crippen molar-refractivity contribution in [3.8, 4) is 0 Å². The van der Waals surface area contributed by atoms with Gasteiger partial charge in [0.25, 0.3) is 6.43 Å². The Bertz CT molecular complexity index is 489. The SMILES string of the molecule is FC(F)=C(F)C(F)(F)C(F)C(F)C(F)C(F)C(F)C(F)C(F)C(F)C(F)F. The Balaban J connectivity index is 5.31. The van der Waals surface area contributed by atoms with Crippen molar-refractivity contribution in [2.24, 2.45) is 0 Å². The van der Waals surface area contributed by atoms with E-state index in [1.807, 2.05) is 0 Å². The normalized spacial score (nSPS) is 21.8. The first-order valence-corrected chi connectivity index (χ1v) is 6.58. The van der Waals surface area contributed by atoms with E-state index in [1.165, 1.54) is 0 Å². The highest BCUT2D eigenvalue weighted by Gasteiger charge is 2.57. The molecule has 0 radical (unpaired) electrons. The van der Waals surface area contributed by atoms with Gasteiger partial charge in [-0.05, 0) is 0 Å². The molecule has 0 nitrogen and oxygen atoms in total. The van der Waals surface area contributed by atoms with Gasteiger partial charge in [-0.2, -0.15) is 22.0 Å². The summed E-state index contributed by atoms with van der Waals surface area (Å²) in [6.45, 7) is 0. The quantitative estimate of drug-likeness (QED) is 0.386. The molecule has 0 saturated heterocycles. The Labute approximate surface area is 141 Å². The molecule has 0 aliphatic rings. The summed E-state index contributed by atoms with van der Waals surface area (Å²) < 4.78 is 189. The first-order valence-electron chi connectivity index (χ1n) is 6.58. The minimum Gasteiger partial charge on any atom is -0.241 e. The first kappa shape index (κ1) is 25.7. The Morgan fingerprint density at radius 1 is 0.481 bits per heavy atom. The minimum atomic E-state index is -6.05. The third kappa shape index (κ3) is 5.83. The number of alkyl halides is 12. The van der Waals surface area contributed by atoms with Gasteiger partial charge in [0.1, 0.15) is 0 Å². The van der Waals surface area contributed by atoms with E-state index < -0.39 is 73.6 Å². The molecule has 0 aliphatic heterocycles. The van der Waals surface area contributed by atoms with Gasteiger partial charge in [0.2, 0.25) is 12.0 Å². The van der Waals surface area contributed by atoms with Gasteiger partial charge >= 0.3 is 12.0 Å². The van der Waals surface area contributed by atoms with E-state index in [2.05, 4.69) is 0 Å². The molecule has 0 fully saturated rings. The van der Waals surface area contributed by atoms with Crippen LogP contribution < -0.4 is 0 Å². The lowest BCUT2D eigenvalue weighted by Crippen LogP contribution is -2.50. The van der Waals surface area contributed by atoms with Crippen LogP contribution in [-0.2, 0) is 0 Å². The summed E-state index contributed by atoms with van der Waals surface area (Å²) in [4.78, 5) is 0. The van der Waals surface area contributed by atoms with Gasteiger partial charge < -0.3 is 0 Å². The van der Waals surface area contributed by atoms with E-state index in [4.69, 9.17) is 0 Å². The minimum absolute atomic E-state index is 3.85. The standard InChI is InChI=1S/C12H9F15/c13-1(3(15)5(17)7(19)10(22)23)2(14)4(16)6(18)8(20)12(26,27)9(21)11(24)25/h1-8,10H. The molecule has 0 heterocycles. The second-order valence-corrected chi connectivity index (χ2v) is 5.04. The van der Waals surface area contributed by atoms with Crippen LogP contribution in [0.3, 0.4) is 0 Å². The summed E-state index contributed by atoms with van der Waals surface area (Å²) in [6.07, 6.45) is -43.0. The maximum Gasteiger partial charge on any atom is 0.337 e. The maximum absolute atomic E-state index is 13.3. The fourth-order valence-electron chi connectivity index (χ4n) is 1.63. The van der Waals surface area contributed by atoms with E-state index in [9.17, 15) is 65.9 Å². The van der Waals surface area contributed by atoms with Gasteiger partial charge in [-0.15, -0.1) is 0 Å². The molecule has 8 atom stereocenters. The predicted octanol–water partition coefficient (Wildman–Crippen LogP) is 5.67. The van der Waals surface area contributed by atoms with Crippen LogP contribution in [-0.4, -0.2) is 61.7 Å². The van der Waals surface area contributed by atoms with Gasteiger partial charge in [-0.3, -0.25) is 0 Å². The lowest BCUT2D eigenvalue weighted by Gasteiger charge is -2.28. The monoisotopic (exact) mass is 438 g/mol. The van der Waals surface area contributed by atoms with Gasteiger partial charge in [-0.1, -0.05) is 0 Å². The van der Waals surface area contributed by atoms with Crippen LogP contribution in [0.1, 0.15) is 0 Å². The van der Waals surface area contributed by atoms with Gasteiger partial charge in [0, 0.05) is 0 Å². The van der Waals surface area contributed by atoms with Crippen LogP contribution in [0, 0.1) is 0 Å². The number of allylic oxidation sites excluding steroid dienone is 1. The van der Waals surface area contributed by atoms with E-state index in [-0.39, 0.29) is 0 Å². The van der Waals surface area contributed by atoms with Gasteiger partial charge in [0.15, 0.2) is 43.2 Å². The predicted molar refractivity (Wildman–Crippen MR) is 60.5 cm³/mol. The highest BCUT2D eigenvalue weighted by molar-refractivity contribution is 5.10. The fraction of sp³-hybridized carbons (Fsp3) is 0.833. The molecule has 15 heteroatoms. The van der Waals surface area contributed by atoms with E-state index in [0.717, 1.165) is 0 Å². The zero-order valence-electron chi connectivity index (χ0n) is 12.4. The summed E-state index contributed by atoms with van der Waals surface area (Å²) >= 11 is 0. The summed E-state index contributed by atoms with van der Waals surface area (Å²) in [5, 5.41) is 0. The molecule has 0 bridgehead atoms. The second kappa shape index (κ2) is 9.75. The average molecular weight is 438 g/mol. The molecule has 0 amide bonds. The molecular formula is C12H9F15. The van der Waals surface area contributed by atoms with Crippen LogP contribution in [0.15, 0.2) is 11.9 Å². The van der Waals surface area contributed by atoms with Crippen molar-refractivity contribution in [2.45, 2.75) is 61.7 Å². The Morgan fingerprint density at radius 3 is 1.07 bits per heavy atom. The molecule has 0 aromatic carbocycles. The molecule has 8 unspecified atom stereocenters. The topological polar surface area (TPSA) is 0 Å². The zero-order valence-corrected chi connectivity index (χ0v) is 12.4. The third-order valence-electron chi connectivity index (χ3n) is 3.15. The van der Waals surface area contributed by atoms with Crippen molar-refractivity contribution in [1.82, 2.24) is 0 Å². The highest BCUT2D eigenvalue weighted by Crippen LogP contribution is 2.39. The van der Waals surface area contributed by atoms with Crippen LogP contribution in [0.25, 0.3) is 0 Å². The van der Waals surface area contributed by atoms with Crippen LogP contribution in [0.4, 0.5) is 65.9 Å². The van der Waals surface area contributed by atoms with Crippen molar-refractivity contribution < 1.29 is 65.9 Å². The van der Waals surface area contributed by atoms with Crippen LogP contribution in [0.5, 0.6) is 0 Å². The summed E-state index contributed by atoms with van der Waals surface area (Å²) in [6, 6.07) is 0. The Hall–Kier alpha value is -1.31. The number of rotatable bonds is 10. The molecule has 162 valence electrons. The van der Waals surface area contributed by atoms with E-state index in [1.54, 1.807) is 0 Å². The summed E-state index contributed by atoms with van der Waals surface area (Å²) in [7, 11) is 0. The van der Waals surface area contributed by atoms with Gasteiger partial charge in [0.05, 0.1) is 0 Å². The molecular weight excluding hydrogens is 429 g/mol. The molecule has 0 rings (SSSR count). The van der Waals surface area contributed by atoms with E-state index in [0.29, 0.717) is 0 Å². The smallest absolute Gasteiger partial charge is 0.241 e. The highest BCUT2D eigenvalue weighted by atomic mass is 19.3. The molecule has 0 spiro atoms. The van der Waals surface area contributed by atoms with Crippen LogP contribution in [0.2, 0.25) is 0 Å². The van der Waals surface area contributed by atoms with Crippen LogP contribution >= 0.6 is 0 Å². The van der Waals surface area contributed by atoms with Crippen molar-refractivity contribution in [3.63, 3.8) is 0 Å². The second-order valence-electron chi connectivity index (χ2n) is 5.04. The molecule has 0 aromatic rings. The fourth-order valence-corrected chi connectivity index (χ4v) is 1.63. The largest absolute Gasteiger partial charge is 0.337 e. The zero-order chi connectivity index (χ0) is 21.9. The average Bonchev–Trinajstić information content (AvgIpc) is 2.61. The number of hydrogen-bond acceptors (Lipinski definition) is 0. The maximum atomic E-state index is 13.3. The number of hydrogen-bond donors (Lipinski definition) is 0. The van der Waals surface area contributed by atoms with Crippen molar-refractivity contribution in [1.29, 1.82) is 0 Å². The Morgan fingerprint density at radius 2 is 0.778 bits per heavy atom. The van der Waals surface area contributed by atoms with Crippen molar-refractivity contribution >= 4 is 0 Å². The molecule has 27 heavy (non-hydrogen) atoms. The van der Waals surface area contributed by atoms with Crippen molar-refractivity contribution in [3.05, 3.63) is 11.9 Å². The molecule has 0 saturated carbocycles. The molecule has 0 aliphatic carbocycles. The van der Waals surface area contributed by atoms with Crippen molar-refractivity contribution in [2.75, 3.05) is 0 Å². The Kier molecular flexibility index (Phi) is 9.28. The van der Waals surface area contributed by atoms with E-state index >= 15 is 0 Å². The molecule has 0 N–H and O–H groups in total. The summed E-state index contributed by atoms with van der Waals surface area (Å²) in [5.74, 6) is -9.91. The summed E-state index contributed by atoms with van der Waals surface area (Å²) in [5.41, 5.74) is 0. The molecule has 0 aromatic heterocycles. The number of halogens is 15. The first-order chi connectivity index (χ1) is 12.1. The van der Waals surface area contributed by atoms with Gasteiger partial charge in [-0.25, -0.2) is 43.9 Å². The lowest BCUT2D eigenvalue weighted by atomic mass is 9.96.